The number of nitrogens with one attached hydrogen (secondary N) is 1. The van der Waals surface area contributed by atoms with Gasteiger partial charge in [0.2, 0.25) is 0 Å². The molecule has 0 amide bonds. The summed E-state index contributed by atoms with van der Waals surface area (Å²) in [7, 11) is 0. The van der Waals surface area contributed by atoms with Crippen LogP contribution in [-0.2, 0) is 0 Å². The van der Waals surface area contributed by atoms with Crippen molar-refractivity contribution >= 4 is 15.9 Å². The third-order valence-corrected chi connectivity index (χ3v) is 4.18. The first-order chi connectivity index (χ1) is 9.15. The molecule has 4 heteroatoms. The number of hydrogen-bond acceptors (Lipinski definition) is 2. The lowest BCUT2D eigenvalue weighted by molar-refractivity contribution is 0.251. The highest BCUT2D eigenvalue weighted by atomic mass is 79.9. The van der Waals surface area contributed by atoms with Crippen molar-refractivity contribution in [3.63, 3.8) is 0 Å². The van der Waals surface area contributed by atoms with Crippen LogP contribution in [0.5, 0.6) is 5.75 Å². The van der Waals surface area contributed by atoms with E-state index in [0.29, 0.717) is 22.9 Å². The lowest BCUT2D eigenvalue weighted by Crippen LogP contribution is -2.39. The molecule has 2 unspecified atom stereocenters. The summed E-state index contributed by atoms with van der Waals surface area (Å²) in [5.41, 5.74) is 0. The normalized spacial score (nSPS) is 23.3. The Bertz CT molecular complexity index is 393. The van der Waals surface area contributed by atoms with Crippen LogP contribution in [0.1, 0.15) is 32.6 Å². The predicted molar refractivity (Wildman–Crippen MR) is 79.0 cm³/mol. The summed E-state index contributed by atoms with van der Waals surface area (Å²) in [4.78, 5) is 0. The van der Waals surface area contributed by atoms with Crippen molar-refractivity contribution in [1.82, 2.24) is 5.32 Å². The average molecular weight is 330 g/mol. The van der Waals surface area contributed by atoms with E-state index in [1.807, 2.05) is 0 Å². The highest BCUT2D eigenvalue weighted by Gasteiger charge is 2.20. The topological polar surface area (TPSA) is 21.3 Å². The van der Waals surface area contributed by atoms with Gasteiger partial charge in [-0.15, -0.1) is 0 Å². The first kappa shape index (κ1) is 14.8. The molecule has 106 valence electrons. The Labute approximate surface area is 122 Å². The van der Waals surface area contributed by atoms with Gasteiger partial charge in [-0.3, -0.25) is 0 Å². The van der Waals surface area contributed by atoms with E-state index < -0.39 is 0 Å². The Morgan fingerprint density at radius 1 is 1.32 bits per heavy atom. The lowest BCUT2D eigenvalue weighted by Gasteiger charge is -2.29. The quantitative estimate of drug-likeness (QED) is 0.820. The molecule has 19 heavy (non-hydrogen) atoms. The Morgan fingerprint density at radius 3 is 2.84 bits per heavy atom. The zero-order valence-electron chi connectivity index (χ0n) is 11.3. The Morgan fingerprint density at radius 2 is 2.11 bits per heavy atom. The molecule has 1 aromatic carbocycles. The molecule has 1 fully saturated rings. The van der Waals surface area contributed by atoms with Crippen LogP contribution < -0.4 is 10.1 Å². The molecule has 2 atom stereocenters. The largest absolute Gasteiger partial charge is 0.492 e. The van der Waals surface area contributed by atoms with Crippen molar-refractivity contribution in [2.75, 3.05) is 13.2 Å². The number of hydrogen-bond donors (Lipinski definition) is 1. The molecule has 1 N–H and O–H groups in total. The monoisotopic (exact) mass is 329 g/mol. The van der Waals surface area contributed by atoms with Crippen LogP contribution in [0.25, 0.3) is 0 Å². The molecule has 0 bridgehead atoms. The van der Waals surface area contributed by atoms with Crippen LogP contribution in [0.15, 0.2) is 22.7 Å². The molecule has 0 spiro atoms. The molecular formula is C15H21BrFNO. The van der Waals surface area contributed by atoms with Crippen molar-refractivity contribution in [3.8, 4) is 5.75 Å². The Kier molecular flexibility index (Phi) is 5.64. The van der Waals surface area contributed by atoms with Crippen LogP contribution in [0.4, 0.5) is 4.39 Å². The Hall–Kier alpha value is -0.610. The van der Waals surface area contributed by atoms with Gasteiger partial charge >= 0.3 is 0 Å². The molecule has 0 saturated heterocycles. The smallest absolute Gasteiger partial charge is 0.128 e. The van der Waals surface area contributed by atoms with E-state index in [2.05, 4.69) is 28.2 Å². The van der Waals surface area contributed by atoms with Crippen molar-refractivity contribution in [3.05, 3.63) is 28.5 Å². The summed E-state index contributed by atoms with van der Waals surface area (Å²) >= 11 is 3.26. The van der Waals surface area contributed by atoms with Crippen molar-refractivity contribution < 1.29 is 9.13 Å². The molecule has 2 nitrogen and oxygen atoms in total. The predicted octanol–water partition coefficient (Wildman–Crippen LogP) is 4.14. The van der Waals surface area contributed by atoms with Crippen LogP contribution in [0.2, 0.25) is 0 Å². The van der Waals surface area contributed by atoms with Gasteiger partial charge in [-0.1, -0.05) is 35.7 Å². The highest BCUT2D eigenvalue weighted by molar-refractivity contribution is 9.10. The maximum atomic E-state index is 13.2. The second-order valence-electron chi connectivity index (χ2n) is 5.28. The molecule has 0 aromatic heterocycles. The van der Waals surface area contributed by atoms with Gasteiger partial charge in [0.15, 0.2) is 0 Å². The Balaban J connectivity index is 1.71. The van der Waals surface area contributed by atoms with E-state index in [-0.39, 0.29) is 5.82 Å². The standard InChI is InChI=1S/C15H21BrFNO/c1-11-4-2-3-5-15(11)18-6-7-19-14-9-12(16)8-13(17)10-14/h8-11,15,18H,2-7H2,1H3. The summed E-state index contributed by atoms with van der Waals surface area (Å²) in [5, 5.41) is 3.54. The third-order valence-electron chi connectivity index (χ3n) is 3.72. The van der Waals surface area contributed by atoms with Gasteiger partial charge in [0.1, 0.15) is 18.2 Å². The van der Waals surface area contributed by atoms with Gasteiger partial charge in [0.25, 0.3) is 0 Å². The SMILES string of the molecule is CC1CCCCC1NCCOc1cc(F)cc(Br)c1. The fourth-order valence-electron chi connectivity index (χ4n) is 2.64. The first-order valence-electron chi connectivity index (χ1n) is 6.97. The third kappa shape index (κ3) is 4.77. The number of halogens is 2. The van der Waals surface area contributed by atoms with Gasteiger partial charge in [-0.25, -0.2) is 4.39 Å². The van der Waals surface area contributed by atoms with Gasteiger partial charge in [-0.05, 0) is 30.9 Å². The molecule has 1 aliphatic rings. The summed E-state index contributed by atoms with van der Waals surface area (Å²) in [6, 6.07) is 5.23. The van der Waals surface area contributed by atoms with Crippen LogP contribution in [0.3, 0.4) is 0 Å². The van der Waals surface area contributed by atoms with Gasteiger partial charge in [0, 0.05) is 23.1 Å². The lowest BCUT2D eigenvalue weighted by atomic mass is 9.86. The number of ether oxygens (including phenoxy) is 1. The second kappa shape index (κ2) is 7.25. The fourth-order valence-corrected chi connectivity index (χ4v) is 3.09. The maximum absolute atomic E-state index is 13.2. The molecule has 0 aliphatic heterocycles. The number of benzene rings is 1. The maximum Gasteiger partial charge on any atom is 0.128 e. The summed E-state index contributed by atoms with van der Waals surface area (Å²) in [5.74, 6) is 1.04. The van der Waals surface area contributed by atoms with Crippen LogP contribution >= 0.6 is 15.9 Å². The van der Waals surface area contributed by atoms with Gasteiger partial charge < -0.3 is 10.1 Å². The molecular weight excluding hydrogens is 309 g/mol. The van der Waals surface area contributed by atoms with E-state index >= 15 is 0 Å². The van der Waals surface area contributed by atoms with E-state index in [9.17, 15) is 4.39 Å². The summed E-state index contributed by atoms with van der Waals surface area (Å²) < 4.78 is 19.4. The van der Waals surface area contributed by atoms with Crippen molar-refractivity contribution in [2.24, 2.45) is 5.92 Å². The highest BCUT2D eigenvalue weighted by Crippen LogP contribution is 2.23. The summed E-state index contributed by atoms with van der Waals surface area (Å²) in [6.45, 7) is 3.68. The molecule has 1 aromatic rings. The molecule has 2 rings (SSSR count). The minimum atomic E-state index is -0.279. The first-order valence-corrected chi connectivity index (χ1v) is 7.77. The minimum absolute atomic E-state index is 0.279. The molecule has 1 saturated carbocycles. The van der Waals surface area contributed by atoms with E-state index in [1.54, 1.807) is 6.07 Å². The van der Waals surface area contributed by atoms with E-state index in [0.717, 1.165) is 12.5 Å². The number of rotatable bonds is 5. The zero-order chi connectivity index (χ0) is 13.7. The van der Waals surface area contributed by atoms with E-state index in [4.69, 9.17) is 4.74 Å². The zero-order valence-corrected chi connectivity index (χ0v) is 12.9. The van der Waals surface area contributed by atoms with Gasteiger partial charge in [-0.2, -0.15) is 0 Å². The van der Waals surface area contributed by atoms with Crippen molar-refractivity contribution in [2.45, 2.75) is 38.6 Å². The molecule has 0 heterocycles. The van der Waals surface area contributed by atoms with Crippen LogP contribution in [-0.4, -0.2) is 19.2 Å². The second-order valence-corrected chi connectivity index (χ2v) is 6.19. The summed E-state index contributed by atoms with van der Waals surface area (Å²) in [6.07, 6.45) is 5.24. The van der Waals surface area contributed by atoms with E-state index in [1.165, 1.54) is 37.8 Å². The van der Waals surface area contributed by atoms with Gasteiger partial charge in [0.05, 0.1) is 0 Å². The minimum Gasteiger partial charge on any atom is -0.492 e. The average Bonchev–Trinajstić information content (AvgIpc) is 2.35. The van der Waals surface area contributed by atoms with Crippen LogP contribution in [0, 0.1) is 11.7 Å². The molecule has 0 radical (unpaired) electrons. The fraction of sp³-hybridized carbons (Fsp3) is 0.600. The molecule has 1 aliphatic carbocycles. The van der Waals surface area contributed by atoms with Crippen molar-refractivity contribution in [1.29, 1.82) is 0 Å².